The van der Waals surface area contributed by atoms with Crippen LogP contribution in [-0.2, 0) is 6.54 Å². The largest absolute Gasteiger partial charge is 0.347 e. The van der Waals surface area contributed by atoms with Gasteiger partial charge in [-0.1, -0.05) is 0 Å². The van der Waals surface area contributed by atoms with Gasteiger partial charge in [0.25, 0.3) is 5.91 Å². The van der Waals surface area contributed by atoms with E-state index < -0.39 is 0 Å². The third-order valence-electron chi connectivity index (χ3n) is 3.16. The maximum absolute atomic E-state index is 12.4. The highest BCUT2D eigenvalue weighted by Gasteiger charge is 2.19. The molecule has 0 radical (unpaired) electrons. The second-order valence-electron chi connectivity index (χ2n) is 5.11. The van der Waals surface area contributed by atoms with Gasteiger partial charge in [-0.2, -0.15) is 5.10 Å². The number of carbonyl (C=O) groups excluding carboxylic acids is 1. The third-order valence-corrected chi connectivity index (χ3v) is 4.31. The summed E-state index contributed by atoms with van der Waals surface area (Å²) in [5, 5.41) is 7.75. The average molecular weight is 328 g/mol. The lowest BCUT2D eigenvalue weighted by Gasteiger charge is -2.13. The molecule has 0 aliphatic rings. The second-order valence-corrected chi connectivity index (χ2v) is 6.11. The highest BCUT2D eigenvalue weighted by molar-refractivity contribution is 7.17. The molecule has 0 spiro atoms. The lowest BCUT2D eigenvalue weighted by atomic mass is 10.3. The van der Waals surface area contributed by atoms with Crippen LogP contribution in [0.3, 0.4) is 0 Å². The number of amides is 1. The Bertz CT molecular complexity index is 784. The van der Waals surface area contributed by atoms with Crippen molar-refractivity contribution in [2.45, 2.75) is 26.4 Å². The van der Waals surface area contributed by atoms with Crippen LogP contribution >= 0.6 is 11.3 Å². The third kappa shape index (κ3) is 3.59. The van der Waals surface area contributed by atoms with E-state index in [0.717, 1.165) is 0 Å². The number of nitrogens with one attached hydrogen (secondary N) is 1. The van der Waals surface area contributed by atoms with Crippen LogP contribution in [0.15, 0.2) is 36.9 Å². The van der Waals surface area contributed by atoms with Gasteiger partial charge in [-0.15, -0.1) is 11.3 Å². The summed E-state index contributed by atoms with van der Waals surface area (Å²) < 4.78 is 1.79. The summed E-state index contributed by atoms with van der Waals surface area (Å²) in [6.45, 7) is 4.37. The van der Waals surface area contributed by atoms with Gasteiger partial charge in [-0.05, 0) is 26.0 Å². The van der Waals surface area contributed by atoms with Gasteiger partial charge < -0.3 is 5.32 Å². The molecule has 1 unspecified atom stereocenters. The summed E-state index contributed by atoms with van der Waals surface area (Å²) >= 11 is 1.30. The fourth-order valence-corrected chi connectivity index (χ4v) is 3.05. The summed E-state index contributed by atoms with van der Waals surface area (Å²) in [6, 6.07) is 3.56. The number of rotatable bonds is 5. The van der Waals surface area contributed by atoms with Gasteiger partial charge in [0.15, 0.2) is 10.8 Å². The van der Waals surface area contributed by atoms with Crippen molar-refractivity contribution in [3.8, 4) is 10.8 Å². The van der Waals surface area contributed by atoms with Crippen LogP contribution in [0, 0.1) is 6.92 Å². The van der Waals surface area contributed by atoms with E-state index in [1.807, 2.05) is 26.1 Å². The van der Waals surface area contributed by atoms with Crippen LogP contribution in [0.4, 0.5) is 0 Å². The van der Waals surface area contributed by atoms with Gasteiger partial charge in [-0.25, -0.2) is 15.0 Å². The fraction of sp³-hybridized carbons (Fsp3) is 0.267. The summed E-state index contributed by atoms with van der Waals surface area (Å²) in [4.78, 5) is 25.8. The quantitative estimate of drug-likeness (QED) is 0.773. The van der Waals surface area contributed by atoms with Crippen LogP contribution in [0.25, 0.3) is 10.8 Å². The first kappa shape index (κ1) is 15.3. The Balaban J connectivity index is 1.71. The van der Waals surface area contributed by atoms with Crippen LogP contribution in [0.5, 0.6) is 0 Å². The van der Waals surface area contributed by atoms with E-state index in [0.29, 0.717) is 27.9 Å². The standard InChI is InChI=1S/C15H16N6OS/c1-10(9-21-8-4-7-18-21)19-14(22)12-11(2)20-15(23-12)13-16-5-3-6-17-13/h3-8,10H,9H2,1-2H3,(H,19,22). The van der Waals surface area contributed by atoms with Crippen molar-refractivity contribution in [1.82, 2.24) is 30.0 Å². The normalized spacial score (nSPS) is 12.1. The highest BCUT2D eigenvalue weighted by Crippen LogP contribution is 2.25. The lowest BCUT2D eigenvalue weighted by molar-refractivity contribution is 0.0939. The lowest BCUT2D eigenvalue weighted by Crippen LogP contribution is -2.35. The number of carbonyl (C=O) groups is 1. The molecule has 0 aromatic carbocycles. The van der Waals surface area contributed by atoms with Crippen molar-refractivity contribution in [2.75, 3.05) is 0 Å². The summed E-state index contributed by atoms with van der Waals surface area (Å²) in [6.07, 6.45) is 6.90. The van der Waals surface area contributed by atoms with Gasteiger partial charge in [0.1, 0.15) is 4.88 Å². The number of hydrogen-bond acceptors (Lipinski definition) is 6. The summed E-state index contributed by atoms with van der Waals surface area (Å²) in [5.74, 6) is 0.395. The maximum atomic E-state index is 12.4. The molecule has 3 aromatic heterocycles. The molecule has 0 saturated carbocycles. The number of aryl methyl sites for hydroxylation is 1. The van der Waals surface area contributed by atoms with E-state index in [9.17, 15) is 4.79 Å². The van der Waals surface area contributed by atoms with Crippen molar-refractivity contribution in [3.05, 3.63) is 47.5 Å². The first-order chi connectivity index (χ1) is 11.1. The predicted octanol–water partition coefficient (Wildman–Crippen LogP) is 1.92. The molecule has 7 nitrogen and oxygen atoms in total. The molecule has 1 N–H and O–H groups in total. The SMILES string of the molecule is Cc1nc(-c2ncccn2)sc1C(=O)NC(C)Cn1cccn1. The number of hydrogen-bond donors (Lipinski definition) is 1. The van der Waals surface area contributed by atoms with E-state index >= 15 is 0 Å². The van der Waals surface area contributed by atoms with Crippen LogP contribution in [0.1, 0.15) is 22.3 Å². The minimum Gasteiger partial charge on any atom is -0.347 e. The zero-order chi connectivity index (χ0) is 16.2. The molecule has 0 fully saturated rings. The number of thiazole rings is 1. The first-order valence-corrected chi connectivity index (χ1v) is 7.98. The summed E-state index contributed by atoms with van der Waals surface area (Å²) in [5.41, 5.74) is 0.682. The van der Waals surface area contributed by atoms with E-state index in [1.165, 1.54) is 11.3 Å². The molecular weight excluding hydrogens is 312 g/mol. The monoisotopic (exact) mass is 328 g/mol. The van der Waals surface area contributed by atoms with Crippen LogP contribution in [0.2, 0.25) is 0 Å². The van der Waals surface area contributed by atoms with E-state index in [2.05, 4.69) is 25.4 Å². The molecule has 118 valence electrons. The fourth-order valence-electron chi connectivity index (χ4n) is 2.14. The van der Waals surface area contributed by atoms with Crippen molar-refractivity contribution in [3.63, 3.8) is 0 Å². The van der Waals surface area contributed by atoms with E-state index in [-0.39, 0.29) is 11.9 Å². The Hall–Kier alpha value is -2.61. The Kier molecular flexibility index (Phi) is 4.42. The van der Waals surface area contributed by atoms with E-state index in [1.54, 1.807) is 29.3 Å². The van der Waals surface area contributed by atoms with Crippen molar-refractivity contribution in [1.29, 1.82) is 0 Å². The second kappa shape index (κ2) is 6.66. The molecular formula is C15H16N6OS. The Morgan fingerprint density at radius 3 is 2.78 bits per heavy atom. The highest BCUT2D eigenvalue weighted by atomic mass is 32.1. The number of nitrogens with zero attached hydrogens (tertiary/aromatic N) is 5. The van der Waals surface area contributed by atoms with Crippen LogP contribution < -0.4 is 5.32 Å². The molecule has 1 amide bonds. The van der Waals surface area contributed by atoms with Gasteiger partial charge in [0.2, 0.25) is 0 Å². The minimum absolute atomic E-state index is 0.0414. The van der Waals surface area contributed by atoms with E-state index in [4.69, 9.17) is 0 Å². The van der Waals surface area contributed by atoms with Crippen molar-refractivity contribution >= 4 is 17.2 Å². The molecule has 3 heterocycles. The van der Waals surface area contributed by atoms with Crippen LogP contribution in [-0.4, -0.2) is 36.7 Å². The first-order valence-electron chi connectivity index (χ1n) is 7.16. The molecule has 0 aliphatic heterocycles. The minimum atomic E-state index is -0.137. The van der Waals surface area contributed by atoms with Crippen molar-refractivity contribution in [2.24, 2.45) is 0 Å². The zero-order valence-corrected chi connectivity index (χ0v) is 13.6. The average Bonchev–Trinajstić information content (AvgIpc) is 3.17. The Labute approximate surface area is 137 Å². The molecule has 0 saturated heterocycles. The van der Waals surface area contributed by atoms with Gasteiger partial charge in [-0.3, -0.25) is 9.48 Å². The molecule has 3 rings (SSSR count). The van der Waals surface area contributed by atoms with Crippen molar-refractivity contribution < 1.29 is 4.79 Å². The molecule has 23 heavy (non-hydrogen) atoms. The Morgan fingerprint density at radius 1 is 1.30 bits per heavy atom. The Morgan fingerprint density at radius 2 is 2.09 bits per heavy atom. The molecule has 3 aromatic rings. The molecule has 0 aliphatic carbocycles. The number of aromatic nitrogens is 5. The zero-order valence-electron chi connectivity index (χ0n) is 12.8. The van der Waals surface area contributed by atoms with Gasteiger partial charge in [0.05, 0.1) is 12.2 Å². The maximum Gasteiger partial charge on any atom is 0.263 e. The summed E-state index contributed by atoms with van der Waals surface area (Å²) in [7, 11) is 0. The topological polar surface area (TPSA) is 85.6 Å². The van der Waals surface area contributed by atoms with Gasteiger partial charge >= 0.3 is 0 Å². The molecule has 8 heteroatoms. The molecule has 0 bridgehead atoms. The predicted molar refractivity (Wildman–Crippen MR) is 87.0 cm³/mol. The van der Waals surface area contributed by atoms with Gasteiger partial charge in [0, 0.05) is 30.8 Å². The molecule has 1 atom stereocenters. The smallest absolute Gasteiger partial charge is 0.263 e.